The standard InChI is InChI=1S/C8H9N3O5S/c1-5-7(17(14,15)9-4-12)6(8(13)16-3)11(2)10-5/h1-3H3. The number of isocyanates is 1. The molecule has 0 aliphatic carbocycles. The number of esters is 1. The number of sulfonamides is 1. The van der Waals surface area contributed by atoms with Crippen molar-refractivity contribution < 1.29 is 22.7 Å². The Morgan fingerprint density at radius 1 is 1.53 bits per heavy atom. The Morgan fingerprint density at radius 3 is 2.59 bits per heavy atom. The highest BCUT2D eigenvalue weighted by Crippen LogP contribution is 2.22. The van der Waals surface area contributed by atoms with Gasteiger partial charge in [-0.25, -0.2) is 9.59 Å². The van der Waals surface area contributed by atoms with Crippen LogP contribution in [0.5, 0.6) is 0 Å². The molecule has 0 saturated heterocycles. The van der Waals surface area contributed by atoms with Crippen LogP contribution in [-0.2, 0) is 26.6 Å². The third-order valence-electron chi connectivity index (χ3n) is 1.96. The summed E-state index contributed by atoms with van der Waals surface area (Å²) in [7, 11) is -1.81. The molecule has 0 aliphatic rings. The maximum Gasteiger partial charge on any atom is 0.357 e. The molecule has 0 aliphatic heterocycles. The van der Waals surface area contributed by atoms with Gasteiger partial charge in [0, 0.05) is 7.05 Å². The zero-order valence-electron chi connectivity index (χ0n) is 9.29. The van der Waals surface area contributed by atoms with Crippen molar-refractivity contribution in [3.8, 4) is 0 Å². The van der Waals surface area contributed by atoms with E-state index in [1.165, 1.54) is 14.0 Å². The largest absolute Gasteiger partial charge is 0.464 e. The van der Waals surface area contributed by atoms with E-state index in [1.807, 2.05) is 0 Å². The molecule has 8 nitrogen and oxygen atoms in total. The second-order valence-electron chi connectivity index (χ2n) is 3.04. The molecule has 1 aromatic heterocycles. The summed E-state index contributed by atoms with van der Waals surface area (Å²) in [5.74, 6) is -0.882. The number of rotatable bonds is 3. The van der Waals surface area contributed by atoms with Crippen LogP contribution in [0.1, 0.15) is 16.2 Å². The molecule has 0 atom stereocenters. The normalized spacial score (nSPS) is 10.8. The van der Waals surface area contributed by atoms with Gasteiger partial charge in [-0.1, -0.05) is 4.40 Å². The Morgan fingerprint density at radius 2 is 2.12 bits per heavy atom. The molecule has 1 heterocycles. The lowest BCUT2D eigenvalue weighted by Crippen LogP contribution is -2.12. The smallest absolute Gasteiger partial charge is 0.357 e. The number of ether oxygens (including phenoxy) is 1. The van der Waals surface area contributed by atoms with Gasteiger partial charge in [-0.3, -0.25) is 4.68 Å². The predicted octanol–water partition coefficient (Wildman–Crippen LogP) is -0.460. The van der Waals surface area contributed by atoms with Crippen LogP contribution in [0.2, 0.25) is 0 Å². The molecule has 92 valence electrons. The van der Waals surface area contributed by atoms with Gasteiger partial charge in [0.1, 0.15) is 4.90 Å². The van der Waals surface area contributed by atoms with E-state index in [0.717, 1.165) is 17.9 Å². The number of nitrogens with zero attached hydrogens (tertiary/aromatic N) is 3. The van der Waals surface area contributed by atoms with Crippen molar-refractivity contribution in [1.29, 1.82) is 0 Å². The van der Waals surface area contributed by atoms with E-state index in [1.54, 1.807) is 0 Å². The zero-order chi connectivity index (χ0) is 13.2. The molecule has 0 unspecified atom stereocenters. The second kappa shape index (κ2) is 4.48. The van der Waals surface area contributed by atoms with E-state index in [2.05, 4.69) is 14.2 Å². The summed E-state index contributed by atoms with van der Waals surface area (Å²) in [6.45, 7) is 1.37. The first-order chi connectivity index (χ1) is 7.85. The number of aromatic nitrogens is 2. The lowest BCUT2D eigenvalue weighted by Gasteiger charge is -2.01. The fourth-order valence-electron chi connectivity index (χ4n) is 1.36. The number of methoxy groups -OCH3 is 1. The lowest BCUT2D eigenvalue weighted by molar-refractivity contribution is 0.0583. The maximum atomic E-state index is 11.6. The Hall–Kier alpha value is -1.99. The van der Waals surface area contributed by atoms with Gasteiger partial charge in [-0.2, -0.15) is 13.5 Å². The summed E-state index contributed by atoms with van der Waals surface area (Å²) in [5.41, 5.74) is -0.240. The molecule has 0 saturated carbocycles. The monoisotopic (exact) mass is 259 g/mol. The molecular weight excluding hydrogens is 250 g/mol. The highest BCUT2D eigenvalue weighted by Gasteiger charge is 2.30. The first-order valence-corrected chi connectivity index (χ1v) is 5.75. The number of carbonyl (C=O) groups excluding carboxylic acids is 2. The Labute approximate surface area is 97.0 Å². The number of hydrogen-bond acceptors (Lipinski definition) is 6. The number of aryl methyl sites for hydroxylation is 2. The molecule has 0 spiro atoms. The van der Waals surface area contributed by atoms with Crippen LogP contribution in [0.15, 0.2) is 9.29 Å². The average molecular weight is 259 g/mol. The third kappa shape index (κ3) is 2.24. The van der Waals surface area contributed by atoms with E-state index in [0.29, 0.717) is 0 Å². The molecule has 0 N–H and O–H groups in total. The molecule has 0 fully saturated rings. The highest BCUT2D eigenvalue weighted by molar-refractivity contribution is 7.90. The van der Waals surface area contributed by atoms with E-state index >= 15 is 0 Å². The summed E-state index contributed by atoms with van der Waals surface area (Å²) < 4.78 is 31.4. The van der Waals surface area contributed by atoms with Gasteiger partial charge in [0.2, 0.25) is 0 Å². The first kappa shape index (κ1) is 13.1. The second-order valence-corrected chi connectivity index (χ2v) is 4.58. The van der Waals surface area contributed by atoms with Crippen molar-refractivity contribution in [2.45, 2.75) is 11.8 Å². The van der Waals surface area contributed by atoms with E-state index in [4.69, 9.17) is 0 Å². The molecule has 0 amide bonds. The molecule has 0 bridgehead atoms. The van der Waals surface area contributed by atoms with Crippen molar-refractivity contribution >= 4 is 22.1 Å². The summed E-state index contributed by atoms with van der Waals surface area (Å²) in [5, 5.41) is 3.78. The Balaban J connectivity index is 3.65. The molecule has 17 heavy (non-hydrogen) atoms. The molecule has 9 heteroatoms. The van der Waals surface area contributed by atoms with E-state index < -0.39 is 20.9 Å². The van der Waals surface area contributed by atoms with Crippen LogP contribution in [0.25, 0.3) is 0 Å². The highest BCUT2D eigenvalue weighted by atomic mass is 32.2. The quantitative estimate of drug-likeness (QED) is 0.413. The van der Waals surface area contributed by atoms with E-state index in [-0.39, 0.29) is 11.4 Å². The van der Waals surface area contributed by atoms with Crippen molar-refractivity contribution in [3.63, 3.8) is 0 Å². The lowest BCUT2D eigenvalue weighted by atomic mass is 10.4. The maximum absolute atomic E-state index is 11.6. The molecule has 0 radical (unpaired) electrons. The van der Waals surface area contributed by atoms with Gasteiger partial charge in [0.15, 0.2) is 5.69 Å². The van der Waals surface area contributed by atoms with Crippen LogP contribution < -0.4 is 0 Å². The Bertz CT molecular complexity index is 609. The summed E-state index contributed by atoms with van der Waals surface area (Å²) in [6, 6.07) is 0. The van der Waals surface area contributed by atoms with Crippen LogP contribution in [0.4, 0.5) is 0 Å². The molecule has 1 aromatic rings. The van der Waals surface area contributed by atoms with Gasteiger partial charge < -0.3 is 4.74 Å². The van der Waals surface area contributed by atoms with Crippen LogP contribution in [-0.4, -0.2) is 37.4 Å². The van der Waals surface area contributed by atoms with Gasteiger partial charge in [-0.05, 0) is 6.92 Å². The minimum absolute atomic E-state index is 0.0481. The molecule has 1 rings (SSSR count). The average Bonchev–Trinajstić information content (AvgIpc) is 2.53. The minimum Gasteiger partial charge on any atom is -0.464 e. The van der Waals surface area contributed by atoms with Crippen LogP contribution in [0.3, 0.4) is 0 Å². The van der Waals surface area contributed by atoms with Crippen molar-refractivity contribution in [2.75, 3.05) is 7.11 Å². The fraction of sp³-hybridized carbons (Fsp3) is 0.375. The molecule has 0 aromatic carbocycles. The summed E-state index contributed by atoms with van der Waals surface area (Å²) >= 11 is 0. The van der Waals surface area contributed by atoms with Gasteiger partial charge in [-0.15, -0.1) is 0 Å². The topological polar surface area (TPSA) is 108 Å². The van der Waals surface area contributed by atoms with Crippen LogP contribution >= 0.6 is 0 Å². The fourth-order valence-corrected chi connectivity index (χ4v) is 2.43. The summed E-state index contributed by atoms with van der Waals surface area (Å²) in [6.07, 6.45) is 0.925. The SMILES string of the molecule is COC(=O)c1c(S(=O)(=O)N=C=O)c(C)nn1C. The predicted molar refractivity (Wildman–Crippen MR) is 54.6 cm³/mol. The van der Waals surface area contributed by atoms with Crippen molar-refractivity contribution in [1.82, 2.24) is 9.78 Å². The first-order valence-electron chi connectivity index (χ1n) is 4.31. The number of carbonyl (C=O) groups is 1. The Kier molecular flexibility index (Phi) is 3.45. The third-order valence-corrected chi connectivity index (χ3v) is 3.28. The van der Waals surface area contributed by atoms with E-state index in [9.17, 15) is 18.0 Å². The number of hydrogen-bond donors (Lipinski definition) is 0. The van der Waals surface area contributed by atoms with Crippen molar-refractivity contribution in [3.05, 3.63) is 11.4 Å². The van der Waals surface area contributed by atoms with Gasteiger partial charge in [0.05, 0.1) is 12.8 Å². The van der Waals surface area contributed by atoms with Crippen LogP contribution in [0, 0.1) is 6.92 Å². The zero-order valence-corrected chi connectivity index (χ0v) is 10.1. The molecular formula is C8H9N3O5S. The summed E-state index contributed by atoms with van der Waals surface area (Å²) in [4.78, 5) is 21.0. The minimum atomic E-state index is -4.29. The van der Waals surface area contributed by atoms with Gasteiger partial charge >= 0.3 is 5.97 Å². The van der Waals surface area contributed by atoms with Crippen molar-refractivity contribution in [2.24, 2.45) is 11.4 Å². The van der Waals surface area contributed by atoms with Gasteiger partial charge in [0.25, 0.3) is 16.1 Å².